The van der Waals surface area contributed by atoms with Gasteiger partial charge in [0.05, 0.1) is 0 Å². The molecule has 0 aromatic heterocycles. The smallest absolute Gasteiger partial charge is 0.0276 e. The molecular weight excluding hydrogens is 204 g/mol. The molecule has 1 aliphatic carbocycles. The third-order valence-corrected chi connectivity index (χ3v) is 4.23. The van der Waals surface area contributed by atoms with E-state index in [9.17, 15) is 0 Å². The van der Waals surface area contributed by atoms with E-state index in [0.717, 1.165) is 11.8 Å². The maximum absolute atomic E-state index is 2.44. The highest BCUT2D eigenvalue weighted by atomic mass is 14.2. The van der Waals surface area contributed by atoms with E-state index < -0.39 is 0 Å². The van der Waals surface area contributed by atoms with Gasteiger partial charge in [0.1, 0.15) is 0 Å². The maximum atomic E-state index is 2.44. The summed E-state index contributed by atoms with van der Waals surface area (Å²) in [5.41, 5.74) is 1.50. The molecule has 94 valence electrons. The lowest BCUT2D eigenvalue weighted by atomic mass is 9.82. The fraction of sp³-hybridized carbons (Fsp3) is 0.647. The number of benzene rings is 1. The van der Waals surface area contributed by atoms with Gasteiger partial charge in [-0.25, -0.2) is 0 Å². The van der Waals surface area contributed by atoms with Gasteiger partial charge >= 0.3 is 0 Å². The van der Waals surface area contributed by atoms with Gasteiger partial charge in [0.15, 0.2) is 0 Å². The molecule has 1 aromatic rings. The number of aryl methyl sites for hydroxylation is 1. The van der Waals surface area contributed by atoms with Gasteiger partial charge in [-0.2, -0.15) is 0 Å². The summed E-state index contributed by atoms with van der Waals surface area (Å²) < 4.78 is 0. The van der Waals surface area contributed by atoms with E-state index in [2.05, 4.69) is 37.3 Å². The average Bonchev–Trinajstić information content (AvgIpc) is 2.39. The molecule has 0 heteroatoms. The Balaban J connectivity index is 1.68. The van der Waals surface area contributed by atoms with Crippen molar-refractivity contribution in [2.45, 2.75) is 58.3 Å². The van der Waals surface area contributed by atoms with Crippen LogP contribution in [0.4, 0.5) is 0 Å². The molecule has 2 rings (SSSR count). The van der Waals surface area contributed by atoms with E-state index in [-0.39, 0.29) is 0 Å². The zero-order valence-electron chi connectivity index (χ0n) is 11.2. The molecule has 0 amide bonds. The average molecular weight is 230 g/mol. The SMILES string of the molecule is C[C@H](CCc1ccccc1)CC1CCCCC1. The van der Waals surface area contributed by atoms with E-state index in [1.54, 1.807) is 0 Å². The fourth-order valence-corrected chi connectivity index (χ4v) is 3.17. The molecule has 17 heavy (non-hydrogen) atoms. The summed E-state index contributed by atoms with van der Waals surface area (Å²) in [6.45, 7) is 2.44. The van der Waals surface area contributed by atoms with Crippen molar-refractivity contribution in [1.29, 1.82) is 0 Å². The van der Waals surface area contributed by atoms with Crippen LogP contribution in [0, 0.1) is 11.8 Å². The van der Waals surface area contributed by atoms with Crippen molar-refractivity contribution in [2.75, 3.05) is 0 Å². The monoisotopic (exact) mass is 230 g/mol. The van der Waals surface area contributed by atoms with Crippen molar-refractivity contribution in [3.05, 3.63) is 35.9 Å². The molecule has 0 saturated heterocycles. The Hall–Kier alpha value is -0.780. The largest absolute Gasteiger partial charge is 0.0625 e. The van der Waals surface area contributed by atoms with Crippen LogP contribution in [-0.4, -0.2) is 0 Å². The molecule has 0 radical (unpaired) electrons. The molecule has 0 N–H and O–H groups in total. The summed E-state index contributed by atoms with van der Waals surface area (Å²) in [5, 5.41) is 0. The van der Waals surface area contributed by atoms with E-state index >= 15 is 0 Å². The first kappa shape index (κ1) is 12.7. The van der Waals surface area contributed by atoms with Crippen LogP contribution in [0.1, 0.15) is 57.4 Å². The van der Waals surface area contributed by atoms with E-state index in [4.69, 9.17) is 0 Å². The van der Waals surface area contributed by atoms with Crippen LogP contribution in [0.15, 0.2) is 30.3 Å². The van der Waals surface area contributed by atoms with Crippen LogP contribution in [0.25, 0.3) is 0 Å². The summed E-state index contributed by atoms with van der Waals surface area (Å²) in [5.74, 6) is 1.94. The van der Waals surface area contributed by atoms with Crippen molar-refractivity contribution >= 4 is 0 Å². The second kappa shape index (κ2) is 6.83. The van der Waals surface area contributed by atoms with Crippen LogP contribution in [0.2, 0.25) is 0 Å². The summed E-state index contributed by atoms with van der Waals surface area (Å²) in [6, 6.07) is 10.9. The van der Waals surface area contributed by atoms with Crippen LogP contribution >= 0.6 is 0 Å². The van der Waals surface area contributed by atoms with Gasteiger partial charge in [0.2, 0.25) is 0 Å². The third kappa shape index (κ3) is 4.53. The Morgan fingerprint density at radius 3 is 2.47 bits per heavy atom. The molecule has 0 unspecified atom stereocenters. The summed E-state index contributed by atoms with van der Waals surface area (Å²) in [6.07, 6.45) is 11.5. The second-order valence-corrected chi connectivity index (χ2v) is 5.87. The molecule has 0 aliphatic heterocycles. The predicted octanol–water partition coefficient (Wildman–Crippen LogP) is 5.23. The molecule has 1 aromatic carbocycles. The zero-order chi connectivity index (χ0) is 11.9. The van der Waals surface area contributed by atoms with Gasteiger partial charge < -0.3 is 0 Å². The molecular formula is C17H26. The van der Waals surface area contributed by atoms with Crippen molar-refractivity contribution in [2.24, 2.45) is 11.8 Å². The van der Waals surface area contributed by atoms with Gasteiger partial charge in [-0.05, 0) is 36.7 Å². The minimum Gasteiger partial charge on any atom is -0.0625 e. The molecule has 1 aliphatic rings. The first-order valence-corrected chi connectivity index (χ1v) is 7.38. The maximum Gasteiger partial charge on any atom is -0.0276 e. The van der Waals surface area contributed by atoms with Crippen LogP contribution in [0.5, 0.6) is 0 Å². The topological polar surface area (TPSA) is 0 Å². The Morgan fingerprint density at radius 1 is 1.06 bits per heavy atom. The van der Waals surface area contributed by atoms with Gasteiger partial charge in [-0.1, -0.05) is 69.4 Å². The number of hydrogen-bond acceptors (Lipinski definition) is 0. The highest BCUT2D eigenvalue weighted by molar-refractivity contribution is 5.14. The van der Waals surface area contributed by atoms with Gasteiger partial charge in [-0.15, -0.1) is 0 Å². The number of hydrogen-bond donors (Lipinski definition) is 0. The molecule has 0 heterocycles. The van der Waals surface area contributed by atoms with Gasteiger partial charge in [0.25, 0.3) is 0 Å². The molecule has 0 spiro atoms. The summed E-state index contributed by atoms with van der Waals surface area (Å²) in [4.78, 5) is 0. The van der Waals surface area contributed by atoms with E-state index in [1.165, 1.54) is 56.9 Å². The molecule has 1 atom stereocenters. The van der Waals surface area contributed by atoms with Gasteiger partial charge in [0, 0.05) is 0 Å². The van der Waals surface area contributed by atoms with Crippen LogP contribution in [-0.2, 0) is 6.42 Å². The Kier molecular flexibility index (Phi) is 5.09. The highest BCUT2D eigenvalue weighted by Gasteiger charge is 2.16. The quantitative estimate of drug-likeness (QED) is 0.650. The first-order chi connectivity index (χ1) is 8.34. The van der Waals surface area contributed by atoms with Crippen molar-refractivity contribution in [3.63, 3.8) is 0 Å². The van der Waals surface area contributed by atoms with Crippen LogP contribution in [0.3, 0.4) is 0 Å². The van der Waals surface area contributed by atoms with E-state index in [0.29, 0.717) is 0 Å². The fourth-order valence-electron chi connectivity index (χ4n) is 3.17. The van der Waals surface area contributed by atoms with Crippen molar-refractivity contribution in [3.8, 4) is 0 Å². The van der Waals surface area contributed by atoms with Crippen molar-refractivity contribution in [1.82, 2.24) is 0 Å². The molecule has 1 fully saturated rings. The number of rotatable bonds is 5. The lowest BCUT2D eigenvalue weighted by molar-refractivity contribution is 0.289. The molecule has 1 saturated carbocycles. The van der Waals surface area contributed by atoms with Crippen LogP contribution < -0.4 is 0 Å². The Labute approximate surface area is 106 Å². The van der Waals surface area contributed by atoms with E-state index in [1.807, 2.05) is 0 Å². The summed E-state index contributed by atoms with van der Waals surface area (Å²) >= 11 is 0. The van der Waals surface area contributed by atoms with Crippen molar-refractivity contribution < 1.29 is 0 Å². The standard InChI is InChI=1S/C17H26/c1-15(14-17-10-6-3-7-11-17)12-13-16-8-4-2-5-9-16/h2,4-5,8-9,15,17H,3,6-7,10-14H2,1H3/t15-/m1/s1. The third-order valence-electron chi connectivity index (χ3n) is 4.23. The second-order valence-electron chi connectivity index (χ2n) is 5.87. The first-order valence-electron chi connectivity index (χ1n) is 7.38. The molecule has 0 nitrogen and oxygen atoms in total. The predicted molar refractivity (Wildman–Crippen MR) is 75.1 cm³/mol. The Bertz CT molecular complexity index is 295. The van der Waals surface area contributed by atoms with Gasteiger partial charge in [-0.3, -0.25) is 0 Å². The minimum absolute atomic E-state index is 0.901. The zero-order valence-corrected chi connectivity index (χ0v) is 11.2. The Morgan fingerprint density at radius 2 is 1.76 bits per heavy atom. The highest BCUT2D eigenvalue weighted by Crippen LogP contribution is 2.30. The lowest BCUT2D eigenvalue weighted by Crippen LogP contribution is -2.11. The molecule has 0 bridgehead atoms. The lowest BCUT2D eigenvalue weighted by Gasteiger charge is -2.24. The minimum atomic E-state index is 0.901. The normalized spacial score (nSPS) is 19.1. The summed E-state index contributed by atoms with van der Waals surface area (Å²) in [7, 11) is 0.